The van der Waals surface area contributed by atoms with Crippen molar-refractivity contribution in [1.82, 2.24) is 0 Å². The molecule has 16 heavy (non-hydrogen) atoms. The number of esters is 1. The fraction of sp³-hybridized carbons (Fsp3) is 0.833. The van der Waals surface area contributed by atoms with Crippen molar-refractivity contribution in [2.24, 2.45) is 11.3 Å². The second-order valence-corrected chi connectivity index (χ2v) is 4.18. The van der Waals surface area contributed by atoms with Gasteiger partial charge in [-0.2, -0.15) is 0 Å². The number of carboxylic acid groups (broad SMARTS) is 1. The van der Waals surface area contributed by atoms with E-state index in [1.54, 1.807) is 13.8 Å². The lowest BCUT2D eigenvalue weighted by Crippen LogP contribution is -2.41. The average Bonchev–Trinajstić information content (AvgIpc) is 2.25. The van der Waals surface area contributed by atoms with Crippen molar-refractivity contribution in [3.63, 3.8) is 0 Å². The Labute approximate surface area is 97.0 Å². The first-order valence-electron chi connectivity index (χ1n) is 5.85. The van der Waals surface area contributed by atoms with Crippen LogP contribution in [0.2, 0.25) is 0 Å². The monoisotopic (exact) mass is 230 g/mol. The van der Waals surface area contributed by atoms with E-state index in [0.717, 1.165) is 6.42 Å². The quantitative estimate of drug-likeness (QED) is 0.539. The zero-order valence-electron chi connectivity index (χ0n) is 10.6. The molecule has 0 bridgehead atoms. The number of carbonyl (C=O) groups excluding carboxylic acids is 1. The van der Waals surface area contributed by atoms with E-state index in [-0.39, 0.29) is 18.9 Å². The molecule has 0 aliphatic heterocycles. The molecule has 0 amide bonds. The maximum Gasteiger partial charge on any atom is 0.323 e. The predicted molar refractivity (Wildman–Crippen MR) is 61.1 cm³/mol. The van der Waals surface area contributed by atoms with Crippen LogP contribution in [0.1, 0.15) is 47.0 Å². The molecule has 0 rings (SSSR count). The number of hydrogen-bond acceptors (Lipinski definition) is 3. The molecule has 0 aromatic rings. The molecule has 2 unspecified atom stereocenters. The van der Waals surface area contributed by atoms with Gasteiger partial charge in [-0.25, -0.2) is 0 Å². The van der Waals surface area contributed by atoms with Gasteiger partial charge in [0, 0.05) is 0 Å². The molecule has 0 aromatic heterocycles. The second kappa shape index (κ2) is 6.51. The zero-order chi connectivity index (χ0) is 12.8. The summed E-state index contributed by atoms with van der Waals surface area (Å²) in [4.78, 5) is 23.1. The third-order valence-electron chi connectivity index (χ3n) is 3.07. The molecule has 4 heteroatoms. The van der Waals surface area contributed by atoms with E-state index >= 15 is 0 Å². The number of carboxylic acids is 1. The van der Waals surface area contributed by atoms with Crippen LogP contribution in [0, 0.1) is 11.3 Å². The fourth-order valence-corrected chi connectivity index (χ4v) is 1.71. The third-order valence-corrected chi connectivity index (χ3v) is 3.07. The Hall–Kier alpha value is -1.06. The smallest absolute Gasteiger partial charge is 0.323 e. The summed E-state index contributed by atoms with van der Waals surface area (Å²) in [6.07, 6.45) is 1.47. The van der Waals surface area contributed by atoms with Crippen LogP contribution in [-0.2, 0) is 14.3 Å². The summed E-state index contributed by atoms with van der Waals surface area (Å²) < 4.78 is 4.89. The standard InChI is InChI=1S/C12H22O4/c1-5-9(4)8-12(6-2,10(13)14)11(15)16-7-3/h9H,5-8H2,1-4H3,(H,13,14). The lowest BCUT2D eigenvalue weighted by atomic mass is 9.77. The van der Waals surface area contributed by atoms with Crippen LogP contribution in [-0.4, -0.2) is 23.7 Å². The van der Waals surface area contributed by atoms with E-state index in [1.165, 1.54) is 0 Å². The SMILES string of the molecule is CCOC(=O)C(CC)(CC(C)CC)C(=O)O. The normalized spacial score (nSPS) is 16.2. The van der Waals surface area contributed by atoms with Gasteiger partial charge in [0.15, 0.2) is 5.41 Å². The van der Waals surface area contributed by atoms with Gasteiger partial charge in [0.2, 0.25) is 0 Å². The Morgan fingerprint density at radius 3 is 2.19 bits per heavy atom. The predicted octanol–water partition coefficient (Wildman–Crippen LogP) is 2.47. The molecule has 0 radical (unpaired) electrons. The second-order valence-electron chi connectivity index (χ2n) is 4.18. The lowest BCUT2D eigenvalue weighted by molar-refractivity contribution is -0.170. The fourth-order valence-electron chi connectivity index (χ4n) is 1.71. The topological polar surface area (TPSA) is 63.6 Å². The molecule has 0 spiro atoms. The van der Waals surface area contributed by atoms with Crippen molar-refractivity contribution < 1.29 is 19.4 Å². The molecule has 1 N–H and O–H groups in total. The average molecular weight is 230 g/mol. The van der Waals surface area contributed by atoms with Crippen molar-refractivity contribution >= 4 is 11.9 Å². The van der Waals surface area contributed by atoms with Crippen molar-refractivity contribution in [3.8, 4) is 0 Å². The van der Waals surface area contributed by atoms with Crippen LogP contribution in [0.4, 0.5) is 0 Å². The largest absolute Gasteiger partial charge is 0.480 e. The molecular formula is C12H22O4. The van der Waals surface area contributed by atoms with Crippen LogP contribution in [0.5, 0.6) is 0 Å². The molecular weight excluding hydrogens is 208 g/mol. The number of carbonyl (C=O) groups is 2. The maximum absolute atomic E-state index is 11.8. The highest BCUT2D eigenvalue weighted by atomic mass is 16.5. The summed E-state index contributed by atoms with van der Waals surface area (Å²) in [7, 11) is 0. The Morgan fingerprint density at radius 1 is 1.31 bits per heavy atom. The Morgan fingerprint density at radius 2 is 1.88 bits per heavy atom. The van der Waals surface area contributed by atoms with Gasteiger partial charge in [-0.05, 0) is 25.7 Å². The third kappa shape index (κ3) is 3.22. The molecule has 0 saturated heterocycles. The molecule has 0 heterocycles. The number of aliphatic carboxylic acids is 1. The van der Waals surface area contributed by atoms with E-state index in [0.29, 0.717) is 6.42 Å². The molecule has 2 atom stereocenters. The zero-order valence-corrected chi connectivity index (χ0v) is 10.6. The van der Waals surface area contributed by atoms with Gasteiger partial charge in [-0.1, -0.05) is 27.2 Å². The highest BCUT2D eigenvalue weighted by Crippen LogP contribution is 2.33. The molecule has 4 nitrogen and oxygen atoms in total. The Balaban J connectivity index is 4.99. The van der Waals surface area contributed by atoms with E-state index < -0.39 is 17.4 Å². The highest BCUT2D eigenvalue weighted by Gasteiger charge is 2.46. The number of hydrogen-bond donors (Lipinski definition) is 1. The molecule has 0 fully saturated rings. The van der Waals surface area contributed by atoms with E-state index in [9.17, 15) is 14.7 Å². The first-order valence-corrected chi connectivity index (χ1v) is 5.85. The number of rotatable bonds is 7. The summed E-state index contributed by atoms with van der Waals surface area (Å²) in [5.74, 6) is -1.49. The first kappa shape index (κ1) is 14.9. The van der Waals surface area contributed by atoms with E-state index in [2.05, 4.69) is 0 Å². The van der Waals surface area contributed by atoms with Gasteiger partial charge in [0.05, 0.1) is 6.61 Å². The summed E-state index contributed by atoms with van der Waals surface area (Å²) in [6.45, 7) is 7.55. The van der Waals surface area contributed by atoms with Gasteiger partial charge in [-0.15, -0.1) is 0 Å². The molecule has 0 aliphatic rings. The van der Waals surface area contributed by atoms with Crippen LogP contribution in [0.15, 0.2) is 0 Å². The van der Waals surface area contributed by atoms with Crippen LogP contribution in [0.3, 0.4) is 0 Å². The minimum atomic E-state index is -1.37. The summed E-state index contributed by atoms with van der Waals surface area (Å²) >= 11 is 0. The minimum absolute atomic E-state index is 0.195. The molecule has 0 aliphatic carbocycles. The summed E-state index contributed by atoms with van der Waals surface area (Å²) in [6, 6.07) is 0. The van der Waals surface area contributed by atoms with Gasteiger partial charge in [-0.3, -0.25) is 9.59 Å². The Bertz CT molecular complexity index is 249. The summed E-state index contributed by atoms with van der Waals surface area (Å²) in [5.41, 5.74) is -1.37. The van der Waals surface area contributed by atoms with Gasteiger partial charge in [0.25, 0.3) is 0 Å². The van der Waals surface area contributed by atoms with Crippen LogP contribution < -0.4 is 0 Å². The van der Waals surface area contributed by atoms with Crippen molar-refractivity contribution in [2.75, 3.05) is 6.61 Å². The first-order chi connectivity index (χ1) is 7.44. The van der Waals surface area contributed by atoms with Gasteiger partial charge in [0.1, 0.15) is 0 Å². The van der Waals surface area contributed by atoms with Gasteiger partial charge >= 0.3 is 11.9 Å². The van der Waals surface area contributed by atoms with E-state index in [1.807, 2.05) is 13.8 Å². The Kier molecular flexibility index (Phi) is 6.08. The molecule has 94 valence electrons. The van der Waals surface area contributed by atoms with Crippen molar-refractivity contribution in [1.29, 1.82) is 0 Å². The van der Waals surface area contributed by atoms with Gasteiger partial charge < -0.3 is 9.84 Å². The van der Waals surface area contributed by atoms with E-state index in [4.69, 9.17) is 4.74 Å². The van der Waals surface area contributed by atoms with Crippen molar-refractivity contribution in [3.05, 3.63) is 0 Å². The highest BCUT2D eigenvalue weighted by molar-refractivity contribution is 5.99. The molecule has 0 aromatic carbocycles. The van der Waals surface area contributed by atoms with Crippen molar-refractivity contribution in [2.45, 2.75) is 47.0 Å². The molecule has 0 saturated carbocycles. The number of ether oxygens (including phenoxy) is 1. The van der Waals surface area contributed by atoms with Crippen LogP contribution >= 0.6 is 0 Å². The summed E-state index contributed by atoms with van der Waals surface area (Å²) in [5, 5.41) is 9.26. The minimum Gasteiger partial charge on any atom is -0.480 e. The lowest BCUT2D eigenvalue weighted by Gasteiger charge is -2.28. The maximum atomic E-state index is 11.8. The van der Waals surface area contributed by atoms with Crippen LogP contribution in [0.25, 0.3) is 0 Å².